The second-order valence-corrected chi connectivity index (χ2v) is 11.2. The monoisotopic (exact) mass is 408 g/mol. The summed E-state index contributed by atoms with van der Waals surface area (Å²) >= 11 is 1.75. The van der Waals surface area contributed by atoms with Crippen LogP contribution < -0.4 is 4.62 Å². The zero-order valence-corrected chi connectivity index (χ0v) is 18.7. The number of benzene rings is 1. The number of hydrogen-bond donors (Lipinski definition) is 0. The van der Waals surface area contributed by atoms with E-state index in [1.165, 1.54) is 10.1 Å². The second-order valence-electron chi connectivity index (χ2n) is 8.46. The van der Waals surface area contributed by atoms with Crippen LogP contribution in [-0.2, 0) is 18.5 Å². The van der Waals surface area contributed by atoms with Crippen LogP contribution in [0, 0.1) is 0 Å². The first-order chi connectivity index (χ1) is 12.7. The molecule has 1 aromatic carbocycles. The van der Waals surface area contributed by atoms with Gasteiger partial charge in [0.2, 0.25) is 8.38 Å². The van der Waals surface area contributed by atoms with Crippen molar-refractivity contribution in [3.8, 4) is 0 Å². The Morgan fingerprint density at radius 2 is 1.48 bits per heavy atom. The third-order valence-electron chi connectivity index (χ3n) is 5.64. The molecule has 148 valence electrons. The lowest BCUT2D eigenvalue weighted by Crippen LogP contribution is -2.50. The van der Waals surface area contributed by atoms with Crippen molar-refractivity contribution in [2.45, 2.75) is 83.6 Å². The Bertz CT molecular complexity index is 765. The van der Waals surface area contributed by atoms with E-state index in [0.717, 1.165) is 17.5 Å². The molecule has 2 aliphatic rings. The lowest BCUT2D eigenvalue weighted by Gasteiger charge is -2.33. The van der Waals surface area contributed by atoms with E-state index < -0.39 is 25.4 Å². The third kappa shape index (κ3) is 3.37. The molecule has 0 saturated carbocycles. The largest absolute Gasteiger partial charge is 0.341 e. The lowest BCUT2D eigenvalue weighted by molar-refractivity contribution is -0.201. The molecule has 2 atom stereocenters. The van der Waals surface area contributed by atoms with E-state index in [9.17, 15) is 0 Å². The quantitative estimate of drug-likeness (QED) is 0.607. The number of thiophene rings is 1. The Balaban J connectivity index is 1.70. The molecular formula is C21H29O4PS. The first kappa shape index (κ1) is 19.8. The normalized spacial score (nSPS) is 29.6. The molecule has 0 bridgehead atoms. The molecule has 0 radical (unpaired) electrons. The number of fused-ring (bicyclic) bond motifs is 2. The summed E-state index contributed by atoms with van der Waals surface area (Å²) in [5, 5.41) is 1.23. The molecule has 0 amide bonds. The minimum atomic E-state index is -1.22. The molecule has 0 spiro atoms. The molecule has 2 fully saturated rings. The molecule has 4 rings (SSSR count). The van der Waals surface area contributed by atoms with Crippen LogP contribution in [0.3, 0.4) is 0 Å². The van der Waals surface area contributed by atoms with Crippen LogP contribution >= 0.6 is 19.7 Å². The van der Waals surface area contributed by atoms with E-state index >= 15 is 0 Å². The zero-order chi connectivity index (χ0) is 19.4. The summed E-state index contributed by atoms with van der Waals surface area (Å²) in [5.74, 6) is -0.547. The highest BCUT2D eigenvalue weighted by atomic mass is 32.1. The highest BCUT2D eigenvalue weighted by molar-refractivity contribution is 7.64. The smallest absolute Gasteiger partial charge is 0.217 e. The van der Waals surface area contributed by atoms with Crippen LogP contribution in [0.2, 0.25) is 0 Å². The van der Waals surface area contributed by atoms with Gasteiger partial charge in [0, 0.05) is 4.70 Å². The summed E-state index contributed by atoms with van der Waals surface area (Å²) in [5.41, 5.74) is -1.02. The van der Waals surface area contributed by atoms with Crippen molar-refractivity contribution in [1.29, 1.82) is 0 Å². The fourth-order valence-corrected chi connectivity index (χ4v) is 7.05. The summed E-state index contributed by atoms with van der Waals surface area (Å²) in [6, 6.07) is 10.6. The summed E-state index contributed by atoms with van der Waals surface area (Å²) < 4.78 is 28.6. The topological polar surface area (TPSA) is 36.9 Å². The maximum Gasteiger partial charge on any atom is 0.217 e. The Labute approximate surface area is 167 Å². The zero-order valence-electron chi connectivity index (χ0n) is 16.9. The van der Waals surface area contributed by atoms with Crippen LogP contribution in [0.4, 0.5) is 0 Å². The van der Waals surface area contributed by atoms with E-state index in [4.69, 9.17) is 18.5 Å². The molecule has 2 aliphatic heterocycles. The first-order valence-electron chi connectivity index (χ1n) is 9.72. The second kappa shape index (κ2) is 6.76. The maximum absolute atomic E-state index is 6.59. The van der Waals surface area contributed by atoms with Crippen LogP contribution in [0.15, 0.2) is 30.3 Å². The van der Waals surface area contributed by atoms with Gasteiger partial charge in [-0.05, 0) is 58.1 Å². The number of rotatable bonds is 3. The molecule has 0 N–H and O–H groups in total. The van der Waals surface area contributed by atoms with Crippen LogP contribution in [-0.4, -0.2) is 29.2 Å². The molecule has 4 nitrogen and oxygen atoms in total. The van der Waals surface area contributed by atoms with Gasteiger partial charge in [0.05, 0.1) is 15.8 Å². The number of hydrogen-bond acceptors (Lipinski definition) is 5. The van der Waals surface area contributed by atoms with Gasteiger partial charge in [-0.2, -0.15) is 0 Å². The molecular weight excluding hydrogens is 379 g/mol. The molecule has 0 aliphatic carbocycles. The highest BCUT2D eigenvalue weighted by Crippen LogP contribution is 2.57. The van der Waals surface area contributed by atoms with Crippen molar-refractivity contribution in [2.24, 2.45) is 0 Å². The van der Waals surface area contributed by atoms with Crippen molar-refractivity contribution in [3.63, 3.8) is 0 Å². The van der Waals surface area contributed by atoms with E-state index in [1.54, 1.807) is 11.3 Å². The molecule has 27 heavy (non-hydrogen) atoms. The van der Waals surface area contributed by atoms with Gasteiger partial charge in [-0.15, -0.1) is 11.3 Å². The van der Waals surface area contributed by atoms with E-state index in [1.807, 2.05) is 0 Å². The van der Waals surface area contributed by atoms with Gasteiger partial charge in [0.15, 0.2) is 5.79 Å². The van der Waals surface area contributed by atoms with Crippen molar-refractivity contribution < 1.29 is 18.5 Å². The van der Waals surface area contributed by atoms with Gasteiger partial charge in [-0.3, -0.25) is 0 Å². The molecule has 0 unspecified atom stereocenters. The van der Waals surface area contributed by atoms with Gasteiger partial charge < -0.3 is 18.5 Å². The number of ether oxygens (including phenoxy) is 2. The summed E-state index contributed by atoms with van der Waals surface area (Å²) in [6.07, 6.45) is 1.28. The van der Waals surface area contributed by atoms with E-state index in [0.29, 0.717) is 0 Å². The average molecular weight is 409 g/mol. The molecule has 3 heterocycles. The van der Waals surface area contributed by atoms with Gasteiger partial charge in [-0.25, -0.2) is 0 Å². The van der Waals surface area contributed by atoms with Crippen LogP contribution in [0.5, 0.6) is 0 Å². The molecule has 6 heteroatoms. The standard InChI is InChI=1S/C21H29O4PS/c1-7-21(8-2)22-17-18(23-21)20(5,6)25-26(24-19(17,3)4)16-13-14-11-9-10-12-15(14)27-16/h9-13,17-18H,7-8H2,1-6H3/t17-,18-/m1/s1. The van der Waals surface area contributed by atoms with Crippen molar-refractivity contribution in [3.05, 3.63) is 30.3 Å². The van der Waals surface area contributed by atoms with E-state index in [2.05, 4.69) is 71.9 Å². The highest BCUT2D eigenvalue weighted by Gasteiger charge is 2.60. The predicted octanol–water partition coefficient (Wildman–Crippen LogP) is 5.74. The molecule has 2 saturated heterocycles. The van der Waals surface area contributed by atoms with Gasteiger partial charge in [0.25, 0.3) is 0 Å². The average Bonchev–Trinajstić information content (AvgIpc) is 3.22. The Morgan fingerprint density at radius 1 is 0.926 bits per heavy atom. The maximum atomic E-state index is 6.59. The van der Waals surface area contributed by atoms with Crippen molar-refractivity contribution >= 4 is 34.4 Å². The van der Waals surface area contributed by atoms with E-state index in [-0.39, 0.29) is 12.2 Å². The molecule has 2 aromatic rings. The fraction of sp³-hybridized carbons (Fsp3) is 0.619. The van der Waals surface area contributed by atoms with Gasteiger partial charge >= 0.3 is 0 Å². The predicted molar refractivity (Wildman–Crippen MR) is 112 cm³/mol. The third-order valence-corrected chi connectivity index (χ3v) is 9.04. The first-order valence-corrected chi connectivity index (χ1v) is 11.7. The fourth-order valence-electron chi connectivity index (χ4n) is 3.91. The minimum absolute atomic E-state index is 0.172. The lowest BCUT2D eigenvalue weighted by atomic mass is 9.88. The summed E-state index contributed by atoms with van der Waals surface area (Å²) in [6.45, 7) is 12.6. The Morgan fingerprint density at radius 3 is 2.00 bits per heavy atom. The van der Waals surface area contributed by atoms with Crippen LogP contribution in [0.25, 0.3) is 10.1 Å². The minimum Gasteiger partial charge on any atom is -0.341 e. The Kier molecular flexibility index (Phi) is 4.94. The summed E-state index contributed by atoms with van der Waals surface area (Å²) in [7, 11) is -1.22. The van der Waals surface area contributed by atoms with Crippen molar-refractivity contribution in [2.75, 3.05) is 0 Å². The summed E-state index contributed by atoms with van der Waals surface area (Å²) in [4.78, 5) is 0. The molecule has 1 aromatic heterocycles. The van der Waals surface area contributed by atoms with Crippen LogP contribution in [0.1, 0.15) is 54.4 Å². The Hall–Kier alpha value is -0.550. The van der Waals surface area contributed by atoms with Gasteiger partial charge in [-0.1, -0.05) is 32.0 Å². The SMILES string of the molecule is CCC1(CC)O[C@@H]2[C@@H](O1)C(C)(C)OP(c1cc3ccccc3s1)OC2(C)C. The van der Waals surface area contributed by atoms with Gasteiger partial charge in [0.1, 0.15) is 12.2 Å². The van der Waals surface area contributed by atoms with Crippen molar-refractivity contribution in [1.82, 2.24) is 0 Å².